The number of benzene rings is 1. The number of piperidine rings is 1. The molecule has 2 saturated heterocycles. The van der Waals surface area contributed by atoms with E-state index in [4.69, 9.17) is 4.74 Å². The van der Waals surface area contributed by atoms with E-state index >= 15 is 0 Å². The van der Waals surface area contributed by atoms with Gasteiger partial charge >= 0.3 is 0 Å². The van der Waals surface area contributed by atoms with Crippen LogP contribution in [0.15, 0.2) is 54.7 Å². The Morgan fingerprint density at radius 3 is 2.56 bits per heavy atom. The summed E-state index contributed by atoms with van der Waals surface area (Å²) in [4.78, 5) is 6.86. The number of rotatable bonds is 5. The number of pyridine rings is 1. The molecule has 0 radical (unpaired) electrons. The Labute approximate surface area is 150 Å². The molecule has 0 bridgehead atoms. The van der Waals surface area contributed by atoms with Crippen LogP contribution in [0.1, 0.15) is 30.9 Å². The topological polar surface area (TPSA) is 37.4 Å². The lowest BCUT2D eigenvalue weighted by Gasteiger charge is -2.34. The summed E-state index contributed by atoms with van der Waals surface area (Å²) in [5.74, 6) is 1.69. The average Bonchev–Trinajstić information content (AvgIpc) is 3.17. The third-order valence-corrected chi connectivity index (χ3v) is 5.48. The normalized spacial score (nSPS) is 24.6. The van der Waals surface area contributed by atoms with Crippen molar-refractivity contribution in [3.05, 3.63) is 60.3 Å². The summed E-state index contributed by atoms with van der Waals surface area (Å²) >= 11 is 0. The molecular weight excluding hydrogens is 310 g/mol. The fraction of sp³-hybridized carbons (Fsp3) is 0.476. The quantitative estimate of drug-likeness (QED) is 0.907. The van der Waals surface area contributed by atoms with Gasteiger partial charge in [-0.3, -0.25) is 0 Å². The van der Waals surface area contributed by atoms with Crippen molar-refractivity contribution in [1.29, 1.82) is 0 Å². The van der Waals surface area contributed by atoms with Crippen molar-refractivity contribution in [2.75, 3.05) is 31.1 Å². The lowest BCUT2D eigenvalue weighted by Crippen LogP contribution is -2.44. The van der Waals surface area contributed by atoms with Crippen LogP contribution in [-0.2, 0) is 4.74 Å². The van der Waals surface area contributed by atoms with Gasteiger partial charge in [0.05, 0.1) is 6.10 Å². The van der Waals surface area contributed by atoms with E-state index in [9.17, 15) is 0 Å². The molecule has 1 aromatic carbocycles. The Bertz CT molecular complexity index is 641. The number of hydrogen-bond acceptors (Lipinski definition) is 4. The molecule has 4 nitrogen and oxygen atoms in total. The van der Waals surface area contributed by atoms with Crippen molar-refractivity contribution in [1.82, 2.24) is 10.3 Å². The zero-order valence-corrected chi connectivity index (χ0v) is 14.7. The monoisotopic (exact) mass is 337 g/mol. The van der Waals surface area contributed by atoms with Gasteiger partial charge in [0.25, 0.3) is 0 Å². The van der Waals surface area contributed by atoms with Crippen LogP contribution in [0.25, 0.3) is 0 Å². The Morgan fingerprint density at radius 2 is 1.80 bits per heavy atom. The van der Waals surface area contributed by atoms with Crippen LogP contribution in [-0.4, -0.2) is 37.3 Å². The van der Waals surface area contributed by atoms with Gasteiger partial charge in [-0.05, 0) is 37.0 Å². The van der Waals surface area contributed by atoms with E-state index < -0.39 is 0 Å². The van der Waals surface area contributed by atoms with Gasteiger partial charge in [0, 0.05) is 44.4 Å². The molecule has 25 heavy (non-hydrogen) atoms. The summed E-state index contributed by atoms with van der Waals surface area (Å²) in [7, 11) is 0. The molecule has 1 aromatic heterocycles. The molecule has 2 aliphatic rings. The van der Waals surface area contributed by atoms with Crippen LogP contribution in [0, 0.1) is 5.92 Å². The highest BCUT2D eigenvalue weighted by Crippen LogP contribution is 2.34. The first-order valence-corrected chi connectivity index (χ1v) is 9.46. The fourth-order valence-corrected chi connectivity index (χ4v) is 4.03. The number of anilines is 1. The van der Waals surface area contributed by atoms with Gasteiger partial charge in [-0.2, -0.15) is 0 Å². The molecule has 3 heterocycles. The Kier molecular flexibility index (Phi) is 5.28. The van der Waals surface area contributed by atoms with E-state index in [1.54, 1.807) is 0 Å². The molecular formula is C21H27N3O. The SMILES string of the molecule is c1ccc([C@H]2OCC[C@@H]2CNC2CCN(c3ccccn3)CC2)cc1. The molecule has 2 aromatic rings. The van der Waals surface area contributed by atoms with Crippen LogP contribution in [0.2, 0.25) is 0 Å². The van der Waals surface area contributed by atoms with Crippen molar-refractivity contribution in [3.63, 3.8) is 0 Å². The van der Waals surface area contributed by atoms with Gasteiger partial charge in [-0.25, -0.2) is 4.98 Å². The van der Waals surface area contributed by atoms with Gasteiger partial charge in [0.1, 0.15) is 5.82 Å². The first-order chi connectivity index (χ1) is 12.4. The third-order valence-electron chi connectivity index (χ3n) is 5.48. The van der Waals surface area contributed by atoms with E-state index in [1.807, 2.05) is 12.3 Å². The van der Waals surface area contributed by atoms with Crippen LogP contribution in [0.3, 0.4) is 0 Å². The van der Waals surface area contributed by atoms with E-state index in [2.05, 4.69) is 57.7 Å². The number of nitrogens with zero attached hydrogens (tertiary/aromatic N) is 2. The van der Waals surface area contributed by atoms with Gasteiger partial charge in [-0.1, -0.05) is 36.4 Å². The number of nitrogens with one attached hydrogen (secondary N) is 1. The maximum absolute atomic E-state index is 6.01. The first kappa shape index (κ1) is 16.6. The zero-order valence-electron chi connectivity index (χ0n) is 14.7. The highest BCUT2D eigenvalue weighted by Gasteiger charge is 2.30. The lowest BCUT2D eigenvalue weighted by atomic mass is 9.94. The van der Waals surface area contributed by atoms with Crippen molar-refractivity contribution in [2.24, 2.45) is 5.92 Å². The summed E-state index contributed by atoms with van der Waals surface area (Å²) < 4.78 is 6.01. The van der Waals surface area contributed by atoms with E-state index in [0.717, 1.165) is 38.5 Å². The van der Waals surface area contributed by atoms with Crippen LogP contribution < -0.4 is 10.2 Å². The highest BCUT2D eigenvalue weighted by molar-refractivity contribution is 5.38. The maximum Gasteiger partial charge on any atom is 0.128 e. The van der Waals surface area contributed by atoms with E-state index in [-0.39, 0.29) is 6.10 Å². The molecule has 2 atom stereocenters. The van der Waals surface area contributed by atoms with Gasteiger partial charge in [0.2, 0.25) is 0 Å². The van der Waals surface area contributed by atoms with Gasteiger partial charge in [0.15, 0.2) is 0 Å². The molecule has 0 amide bonds. The minimum Gasteiger partial charge on any atom is -0.373 e. The molecule has 0 unspecified atom stereocenters. The molecule has 2 fully saturated rings. The second-order valence-electron chi connectivity index (χ2n) is 7.11. The van der Waals surface area contributed by atoms with E-state index in [1.165, 1.54) is 18.4 Å². The minimum absolute atomic E-state index is 0.252. The summed E-state index contributed by atoms with van der Waals surface area (Å²) in [5.41, 5.74) is 1.32. The smallest absolute Gasteiger partial charge is 0.128 e. The highest BCUT2D eigenvalue weighted by atomic mass is 16.5. The molecule has 2 aliphatic heterocycles. The summed E-state index contributed by atoms with van der Waals surface area (Å²) in [6, 6.07) is 17.4. The fourth-order valence-electron chi connectivity index (χ4n) is 4.03. The number of hydrogen-bond donors (Lipinski definition) is 1. The zero-order chi connectivity index (χ0) is 16.9. The predicted octanol–water partition coefficient (Wildman–Crippen LogP) is 3.42. The Hall–Kier alpha value is -1.91. The second kappa shape index (κ2) is 7.98. The second-order valence-corrected chi connectivity index (χ2v) is 7.11. The molecule has 1 N–H and O–H groups in total. The number of ether oxygens (including phenoxy) is 1. The van der Waals surface area contributed by atoms with Crippen LogP contribution >= 0.6 is 0 Å². The van der Waals surface area contributed by atoms with E-state index in [0.29, 0.717) is 12.0 Å². The Morgan fingerprint density at radius 1 is 1.00 bits per heavy atom. The maximum atomic E-state index is 6.01. The Balaban J connectivity index is 1.27. The van der Waals surface area contributed by atoms with Crippen molar-refractivity contribution >= 4 is 5.82 Å². The van der Waals surface area contributed by atoms with Gasteiger partial charge < -0.3 is 15.0 Å². The first-order valence-electron chi connectivity index (χ1n) is 9.46. The third kappa shape index (κ3) is 4.02. The van der Waals surface area contributed by atoms with Gasteiger partial charge in [-0.15, -0.1) is 0 Å². The van der Waals surface area contributed by atoms with Crippen LogP contribution in [0.4, 0.5) is 5.82 Å². The number of aromatic nitrogens is 1. The summed E-state index contributed by atoms with van der Waals surface area (Å²) in [6.07, 6.45) is 5.64. The lowest BCUT2D eigenvalue weighted by molar-refractivity contribution is 0.0895. The van der Waals surface area contributed by atoms with Crippen LogP contribution in [0.5, 0.6) is 0 Å². The van der Waals surface area contributed by atoms with Crippen molar-refractivity contribution in [3.8, 4) is 0 Å². The summed E-state index contributed by atoms with van der Waals surface area (Å²) in [6.45, 7) is 4.09. The minimum atomic E-state index is 0.252. The molecule has 0 spiro atoms. The standard InChI is InChI=1S/C21H27N3O/c1-2-6-17(7-3-1)21-18(11-15-25-21)16-23-19-9-13-24(14-10-19)20-8-4-5-12-22-20/h1-8,12,18-19,21,23H,9-11,13-16H2/t18-,21-/m1/s1. The summed E-state index contributed by atoms with van der Waals surface area (Å²) in [5, 5.41) is 3.81. The predicted molar refractivity (Wildman–Crippen MR) is 101 cm³/mol. The van der Waals surface area contributed by atoms with Crippen molar-refractivity contribution in [2.45, 2.75) is 31.4 Å². The van der Waals surface area contributed by atoms with Crippen molar-refractivity contribution < 1.29 is 4.74 Å². The molecule has 132 valence electrons. The molecule has 4 heteroatoms. The molecule has 0 aliphatic carbocycles. The average molecular weight is 337 g/mol. The molecule has 4 rings (SSSR count). The largest absolute Gasteiger partial charge is 0.373 e. The molecule has 0 saturated carbocycles.